The number of hydrogen-bond donors (Lipinski definition) is 2. The number of carbonyl (C=O) groups is 1. The third-order valence-corrected chi connectivity index (χ3v) is 6.88. The summed E-state index contributed by atoms with van der Waals surface area (Å²) in [6.07, 6.45) is 0. The van der Waals surface area contributed by atoms with Crippen molar-refractivity contribution < 1.29 is 13.2 Å². The maximum atomic E-state index is 12.4. The van der Waals surface area contributed by atoms with E-state index in [1.807, 2.05) is 0 Å². The van der Waals surface area contributed by atoms with Crippen molar-refractivity contribution >= 4 is 65.6 Å². The van der Waals surface area contributed by atoms with Gasteiger partial charge in [0.25, 0.3) is 20.3 Å². The van der Waals surface area contributed by atoms with E-state index in [-0.39, 0.29) is 15.2 Å². The van der Waals surface area contributed by atoms with Gasteiger partial charge in [0.05, 0.1) is 10.7 Å². The molecule has 0 bridgehead atoms. The molecule has 26 heavy (non-hydrogen) atoms. The second-order valence-electron chi connectivity index (χ2n) is 4.93. The van der Waals surface area contributed by atoms with E-state index in [0.29, 0.717) is 15.1 Å². The van der Waals surface area contributed by atoms with Crippen molar-refractivity contribution in [3.8, 4) is 0 Å². The van der Waals surface area contributed by atoms with Crippen LogP contribution in [0, 0.1) is 0 Å². The van der Waals surface area contributed by atoms with Crippen LogP contribution in [0.15, 0.2) is 57.3 Å². The standard InChI is InChI=1S/C15H10BrClN4O3S2/c16-11-7-6-10(8-12(11)17)21-26(23,24)15-20-19-14(25-15)18-13(22)9-4-2-1-3-5-9/h1-8,21H,(H,18,19,22). The number of rotatable bonds is 5. The summed E-state index contributed by atoms with van der Waals surface area (Å²) in [6, 6.07) is 13.1. The fourth-order valence-electron chi connectivity index (χ4n) is 1.89. The molecule has 0 saturated carbocycles. The van der Waals surface area contributed by atoms with Crippen molar-refractivity contribution in [1.29, 1.82) is 0 Å². The first-order valence-electron chi connectivity index (χ1n) is 7.03. The van der Waals surface area contributed by atoms with E-state index in [2.05, 4.69) is 36.2 Å². The van der Waals surface area contributed by atoms with Crippen LogP contribution in [0.1, 0.15) is 10.4 Å². The van der Waals surface area contributed by atoms with Gasteiger partial charge in [-0.3, -0.25) is 14.8 Å². The summed E-state index contributed by atoms with van der Waals surface area (Å²) >= 11 is 9.93. The Morgan fingerprint density at radius 2 is 1.85 bits per heavy atom. The van der Waals surface area contributed by atoms with Crippen molar-refractivity contribution in [3.05, 3.63) is 63.6 Å². The molecule has 0 atom stereocenters. The molecular formula is C15H10BrClN4O3S2. The molecule has 3 rings (SSSR count). The lowest BCUT2D eigenvalue weighted by Crippen LogP contribution is -2.12. The van der Waals surface area contributed by atoms with Gasteiger partial charge in [-0.1, -0.05) is 41.1 Å². The van der Waals surface area contributed by atoms with Gasteiger partial charge >= 0.3 is 0 Å². The lowest BCUT2D eigenvalue weighted by atomic mass is 10.2. The molecule has 0 radical (unpaired) electrons. The molecule has 11 heteroatoms. The number of anilines is 2. The summed E-state index contributed by atoms with van der Waals surface area (Å²) in [4.78, 5) is 12.1. The molecule has 1 amide bonds. The van der Waals surface area contributed by atoms with Crippen LogP contribution in [0.2, 0.25) is 5.02 Å². The third-order valence-electron chi connectivity index (χ3n) is 3.06. The molecule has 0 saturated heterocycles. The molecule has 2 aromatic carbocycles. The lowest BCUT2D eigenvalue weighted by Gasteiger charge is -2.06. The van der Waals surface area contributed by atoms with E-state index in [1.54, 1.807) is 42.5 Å². The van der Waals surface area contributed by atoms with E-state index in [1.165, 1.54) is 6.07 Å². The first-order valence-corrected chi connectivity index (χ1v) is 10.5. The number of hydrogen-bond acceptors (Lipinski definition) is 6. The zero-order valence-electron chi connectivity index (χ0n) is 12.8. The number of halogens is 2. The highest BCUT2D eigenvalue weighted by Crippen LogP contribution is 2.28. The number of nitrogens with one attached hydrogen (secondary N) is 2. The van der Waals surface area contributed by atoms with Crippen molar-refractivity contribution in [2.75, 3.05) is 10.0 Å². The molecular weight excluding hydrogens is 464 g/mol. The van der Waals surface area contributed by atoms with Gasteiger partial charge in [0.2, 0.25) is 5.13 Å². The van der Waals surface area contributed by atoms with Crippen LogP contribution in [0.5, 0.6) is 0 Å². The van der Waals surface area contributed by atoms with Crippen molar-refractivity contribution in [2.24, 2.45) is 0 Å². The normalized spacial score (nSPS) is 11.2. The average molecular weight is 474 g/mol. The van der Waals surface area contributed by atoms with Crippen LogP contribution >= 0.6 is 38.9 Å². The summed E-state index contributed by atoms with van der Waals surface area (Å²) in [5.41, 5.74) is 0.706. The maximum absolute atomic E-state index is 12.4. The predicted molar refractivity (Wildman–Crippen MR) is 104 cm³/mol. The fraction of sp³-hybridized carbons (Fsp3) is 0. The van der Waals surface area contributed by atoms with Crippen LogP contribution in [-0.4, -0.2) is 24.5 Å². The number of nitrogens with zero attached hydrogens (tertiary/aromatic N) is 2. The lowest BCUT2D eigenvalue weighted by molar-refractivity contribution is 0.102. The maximum Gasteiger partial charge on any atom is 0.291 e. The Labute approximate surface area is 166 Å². The van der Waals surface area contributed by atoms with Gasteiger partial charge in [0.1, 0.15) is 0 Å². The van der Waals surface area contributed by atoms with Gasteiger partial charge in [-0.15, -0.1) is 10.2 Å². The zero-order chi connectivity index (χ0) is 18.7. The summed E-state index contributed by atoms with van der Waals surface area (Å²) in [5.74, 6) is -0.404. The van der Waals surface area contributed by atoms with Gasteiger partial charge in [0, 0.05) is 10.0 Å². The topological polar surface area (TPSA) is 101 Å². The van der Waals surface area contributed by atoms with Crippen molar-refractivity contribution in [1.82, 2.24) is 10.2 Å². The average Bonchev–Trinajstić information content (AvgIpc) is 3.08. The van der Waals surface area contributed by atoms with E-state index in [9.17, 15) is 13.2 Å². The quantitative estimate of drug-likeness (QED) is 0.545. The van der Waals surface area contributed by atoms with E-state index >= 15 is 0 Å². The molecule has 2 N–H and O–H groups in total. The molecule has 134 valence electrons. The fourth-order valence-corrected chi connectivity index (χ4v) is 4.26. The Kier molecular flexibility index (Phi) is 5.56. The third kappa shape index (κ3) is 4.39. The van der Waals surface area contributed by atoms with Gasteiger partial charge < -0.3 is 0 Å². The summed E-state index contributed by atoms with van der Waals surface area (Å²) in [5, 5.41) is 10.3. The highest BCUT2D eigenvalue weighted by atomic mass is 79.9. The van der Waals surface area contributed by atoms with Crippen LogP contribution in [-0.2, 0) is 10.0 Å². The van der Waals surface area contributed by atoms with Crippen LogP contribution in [0.25, 0.3) is 0 Å². The highest BCUT2D eigenvalue weighted by molar-refractivity contribution is 9.10. The van der Waals surface area contributed by atoms with E-state index in [4.69, 9.17) is 11.6 Å². The van der Waals surface area contributed by atoms with Crippen LogP contribution < -0.4 is 10.0 Å². The summed E-state index contributed by atoms with van der Waals surface area (Å²) in [7, 11) is -3.95. The minimum absolute atomic E-state index is 0.0769. The van der Waals surface area contributed by atoms with E-state index < -0.39 is 15.9 Å². The monoisotopic (exact) mass is 472 g/mol. The van der Waals surface area contributed by atoms with Gasteiger partial charge in [0.15, 0.2) is 0 Å². The number of benzene rings is 2. The van der Waals surface area contributed by atoms with Gasteiger partial charge in [-0.05, 0) is 46.3 Å². The molecule has 1 heterocycles. The Hall–Kier alpha value is -2.01. The Morgan fingerprint density at radius 3 is 2.54 bits per heavy atom. The van der Waals surface area contributed by atoms with Crippen molar-refractivity contribution in [2.45, 2.75) is 4.34 Å². The summed E-state index contributed by atoms with van der Waals surface area (Å²) in [6.45, 7) is 0. The molecule has 0 aliphatic heterocycles. The summed E-state index contributed by atoms with van der Waals surface area (Å²) < 4.78 is 27.5. The molecule has 0 aliphatic carbocycles. The first kappa shape index (κ1) is 18.8. The number of carbonyl (C=O) groups excluding carboxylic acids is 1. The van der Waals surface area contributed by atoms with Gasteiger partial charge in [-0.2, -0.15) is 8.42 Å². The zero-order valence-corrected chi connectivity index (χ0v) is 16.8. The van der Waals surface area contributed by atoms with Gasteiger partial charge in [-0.25, -0.2) is 0 Å². The predicted octanol–water partition coefficient (Wildman–Crippen LogP) is 4.01. The highest BCUT2D eigenvalue weighted by Gasteiger charge is 2.21. The molecule has 1 aromatic heterocycles. The Balaban J connectivity index is 1.75. The molecule has 0 aliphatic rings. The van der Waals surface area contributed by atoms with Crippen LogP contribution in [0.4, 0.5) is 10.8 Å². The molecule has 0 unspecified atom stereocenters. The minimum Gasteiger partial charge on any atom is -0.296 e. The number of amides is 1. The largest absolute Gasteiger partial charge is 0.296 e. The Bertz CT molecular complexity index is 1060. The molecule has 3 aromatic rings. The SMILES string of the molecule is O=C(Nc1nnc(S(=O)(=O)Nc2ccc(Br)c(Cl)c2)s1)c1ccccc1. The van der Waals surface area contributed by atoms with Crippen LogP contribution in [0.3, 0.4) is 0 Å². The van der Waals surface area contributed by atoms with E-state index in [0.717, 1.165) is 11.3 Å². The second kappa shape index (κ2) is 7.70. The molecule has 0 spiro atoms. The second-order valence-corrected chi connectivity index (χ2v) is 9.02. The smallest absolute Gasteiger partial charge is 0.291 e. The number of sulfonamides is 1. The molecule has 0 fully saturated rings. The van der Waals surface area contributed by atoms with Crippen molar-refractivity contribution in [3.63, 3.8) is 0 Å². The Morgan fingerprint density at radius 1 is 1.12 bits per heavy atom. The first-order chi connectivity index (χ1) is 12.3. The number of aromatic nitrogens is 2. The molecule has 7 nitrogen and oxygen atoms in total. The minimum atomic E-state index is -3.95.